The Morgan fingerprint density at radius 3 is 2.72 bits per heavy atom. The second kappa shape index (κ2) is 8.09. The van der Waals surface area contributed by atoms with Crippen LogP contribution >= 0.6 is 0 Å². The van der Waals surface area contributed by atoms with E-state index >= 15 is 0 Å². The molecule has 0 saturated carbocycles. The van der Waals surface area contributed by atoms with Crippen molar-refractivity contribution in [2.75, 3.05) is 18.5 Å². The Kier molecular flexibility index (Phi) is 5.36. The summed E-state index contributed by atoms with van der Waals surface area (Å²) in [6, 6.07) is 17.3. The molecular formula is C23H25N3O3. The molecule has 1 aromatic heterocycles. The van der Waals surface area contributed by atoms with Crippen molar-refractivity contribution >= 4 is 28.5 Å². The Morgan fingerprint density at radius 2 is 1.97 bits per heavy atom. The Bertz CT molecular complexity index is 1040. The maximum atomic E-state index is 12.9. The van der Waals surface area contributed by atoms with Gasteiger partial charge in [-0.25, -0.2) is 4.79 Å². The molecule has 1 fully saturated rings. The summed E-state index contributed by atoms with van der Waals surface area (Å²) in [5, 5.41) is 7.24. The number of anilines is 1. The number of aromatic nitrogens is 1. The van der Waals surface area contributed by atoms with Crippen LogP contribution in [-0.2, 0) is 16.6 Å². The number of benzene rings is 2. The van der Waals surface area contributed by atoms with Gasteiger partial charge in [-0.1, -0.05) is 30.3 Å². The molecule has 2 N–H and O–H groups in total. The number of esters is 1. The molecule has 0 spiro atoms. The first kappa shape index (κ1) is 19.2. The lowest BCUT2D eigenvalue weighted by Gasteiger charge is -2.19. The monoisotopic (exact) mass is 391 g/mol. The predicted molar refractivity (Wildman–Crippen MR) is 113 cm³/mol. The molecule has 1 saturated heterocycles. The van der Waals surface area contributed by atoms with E-state index in [0.717, 1.165) is 23.9 Å². The molecule has 4 rings (SSSR count). The SMILES string of the molecule is CCOC(=O)c1cc2cc(NC(=O)[C@H]3NCC[C@H]3c3ccccc3)ccc2n1C. The summed E-state index contributed by atoms with van der Waals surface area (Å²) < 4.78 is 6.93. The minimum atomic E-state index is -0.349. The van der Waals surface area contributed by atoms with Crippen molar-refractivity contribution in [1.82, 2.24) is 9.88 Å². The summed E-state index contributed by atoms with van der Waals surface area (Å²) in [7, 11) is 1.83. The number of rotatable bonds is 5. The van der Waals surface area contributed by atoms with Gasteiger partial charge in [0.2, 0.25) is 5.91 Å². The van der Waals surface area contributed by atoms with Crippen LogP contribution in [0.2, 0.25) is 0 Å². The highest BCUT2D eigenvalue weighted by molar-refractivity contribution is 6.00. The molecule has 150 valence electrons. The number of nitrogens with one attached hydrogen (secondary N) is 2. The first-order valence-electron chi connectivity index (χ1n) is 9.94. The fourth-order valence-corrected chi connectivity index (χ4v) is 4.09. The van der Waals surface area contributed by atoms with Crippen LogP contribution in [0.1, 0.15) is 35.3 Å². The molecule has 0 bridgehead atoms. The summed E-state index contributed by atoms with van der Waals surface area (Å²) in [6.07, 6.45) is 0.933. The fourth-order valence-electron chi connectivity index (χ4n) is 4.09. The first-order valence-corrected chi connectivity index (χ1v) is 9.94. The van der Waals surface area contributed by atoms with Crippen molar-refractivity contribution in [3.8, 4) is 0 Å². The zero-order valence-corrected chi connectivity index (χ0v) is 16.6. The highest BCUT2D eigenvalue weighted by atomic mass is 16.5. The zero-order valence-electron chi connectivity index (χ0n) is 16.6. The molecule has 6 nitrogen and oxygen atoms in total. The lowest BCUT2D eigenvalue weighted by Crippen LogP contribution is -2.39. The Morgan fingerprint density at radius 1 is 1.17 bits per heavy atom. The van der Waals surface area contributed by atoms with E-state index < -0.39 is 0 Å². The first-order chi connectivity index (χ1) is 14.1. The molecule has 6 heteroatoms. The second-order valence-electron chi connectivity index (χ2n) is 7.31. The van der Waals surface area contributed by atoms with Crippen LogP contribution in [0.3, 0.4) is 0 Å². The summed E-state index contributed by atoms with van der Waals surface area (Å²) in [4.78, 5) is 25.1. The minimum Gasteiger partial charge on any atom is -0.461 e. The standard InChI is InChI=1S/C23H25N3O3/c1-3-29-23(28)20-14-16-13-17(9-10-19(16)26(20)2)25-22(27)21-18(11-12-24-21)15-7-5-4-6-8-15/h4-10,13-14,18,21,24H,3,11-12H2,1-2H3,(H,25,27)/t18-,21-/m0/s1. The third kappa shape index (κ3) is 3.76. The molecule has 2 aromatic carbocycles. The third-order valence-corrected chi connectivity index (χ3v) is 5.53. The molecule has 1 aliphatic rings. The van der Waals surface area contributed by atoms with Crippen molar-refractivity contribution < 1.29 is 14.3 Å². The van der Waals surface area contributed by atoms with Gasteiger partial charge in [0.15, 0.2) is 0 Å². The number of carbonyl (C=O) groups is 2. The molecule has 1 aliphatic heterocycles. The van der Waals surface area contributed by atoms with E-state index in [1.54, 1.807) is 13.0 Å². The van der Waals surface area contributed by atoms with Gasteiger partial charge in [-0.05, 0) is 49.7 Å². The quantitative estimate of drug-likeness (QED) is 0.654. The van der Waals surface area contributed by atoms with Gasteiger partial charge in [-0.2, -0.15) is 0 Å². The van der Waals surface area contributed by atoms with Crippen LogP contribution in [0, 0.1) is 0 Å². The van der Waals surface area contributed by atoms with Crippen LogP contribution in [-0.4, -0.2) is 35.6 Å². The lowest BCUT2D eigenvalue weighted by molar-refractivity contribution is -0.118. The summed E-state index contributed by atoms with van der Waals surface area (Å²) >= 11 is 0. The van der Waals surface area contributed by atoms with E-state index in [1.165, 1.54) is 5.56 Å². The van der Waals surface area contributed by atoms with E-state index in [2.05, 4.69) is 22.8 Å². The molecule has 0 radical (unpaired) electrons. The molecule has 2 heterocycles. The van der Waals surface area contributed by atoms with Crippen molar-refractivity contribution in [2.45, 2.75) is 25.3 Å². The molecule has 2 atom stereocenters. The van der Waals surface area contributed by atoms with Gasteiger partial charge in [0.05, 0.1) is 12.6 Å². The maximum absolute atomic E-state index is 12.9. The van der Waals surface area contributed by atoms with Crippen LogP contribution in [0.25, 0.3) is 10.9 Å². The van der Waals surface area contributed by atoms with Crippen molar-refractivity contribution in [2.24, 2.45) is 7.05 Å². The fraction of sp³-hybridized carbons (Fsp3) is 0.304. The van der Waals surface area contributed by atoms with Gasteiger partial charge in [-0.3, -0.25) is 4.79 Å². The van der Waals surface area contributed by atoms with Gasteiger partial charge in [0.25, 0.3) is 0 Å². The van der Waals surface area contributed by atoms with Crippen LogP contribution in [0.4, 0.5) is 5.69 Å². The topological polar surface area (TPSA) is 72.4 Å². The van der Waals surface area contributed by atoms with Crippen LogP contribution < -0.4 is 10.6 Å². The van der Waals surface area contributed by atoms with E-state index in [9.17, 15) is 9.59 Å². The molecule has 3 aromatic rings. The average molecular weight is 391 g/mol. The van der Waals surface area contributed by atoms with Gasteiger partial charge >= 0.3 is 5.97 Å². The number of ether oxygens (including phenoxy) is 1. The average Bonchev–Trinajstić information content (AvgIpc) is 3.34. The van der Waals surface area contributed by atoms with Gasteiger partial charge < -0.3 is 19.9 Å². The highest BCUT2D eigenvalue weighted by Crippen LogP contribution is 2.29. The predicted octanol–water partition coefficient (Wildman–Crippen LogP) is 3.44. The Hall–Kier alpha value is -3.12. The van der Waals surface area contributed by atoms with Gasteiger partial charge in [0.1, 0.15) is 5.69 Å². The third-order valence-electron chi connectivity index (χ3n) is 5.53. The molecule has 0 unspecified atom stereocenters. The normalized spacial score (nSPS) is 18.7. The minimum absolute atomic E-state index is 0.0442. The van der Waals surface area contributed by atoms with Crippen LogP contribution in [0.15, 0.2) is 54.6 Å². The maximum Gasteiger partial charge on any atom is 0.354 e. The van der Waals surface area contributed by atoms with E-state index in [1.807, 2.05) is 48.0 Å². The number of amides is 1. The van der Waals surface area contributed by atoms with Gasteiger partial charge in [-0.15, -0.1) is 0 Å². The summed E-state index contributed by atoms with van der Waals surface area (Å²) in [5.74, 6) is -0.234. The van der Waals surface area contributed by atoms with Crippen molar-refractivity contribution in [3.05, 3.63) is 65.9 Å². The lowest BCUT2D eigenvalue weighted by atomic mass is 9.91. The number of aryl methyl sites for hydroxylation is 1. The zero-order chi connectivity index (χ0) is 20.4. The van der Waals surface area contributed by atoms with E-state index in [0.29, 0.717) is 18.0 Å². The number of hydrogen-bond donors (Lipinski definition) is 2. The number of fused-ring (bicyclic) bond motifs is 1. The summed E-state index contributed by atoms with van der Waals surface area (Å²) in [6.45, 7) is 2.94. The second-order valence-corrected chi connectivity index (χ2v) is 7.31. The number of carbonyl (C=O) groups excluding carboxylic acids is 2. The molecular weight excluding hydrogens is 366 g/mol. The molecule has 1 amide bonds. The summed E-state index contributed by atoms with van der Waals surface area (Å²) in [5.41, 5.74) is 3.29. The van der Waals surface area contributed by atoms with Crippen molar-refractivity contribution in [1.29, 1.82) is 0 Å². The van der Waals surface area contributed by atoms with Crippen molar-refractivity contribution in [3.63, 3.8) is 0 Å². The highest BCUT2D eigenvalue weighted by Gasteiger charge is 2.33. The Balaban J connectivity index is 1.54. The number of hydrogen-bond acceptors (Lipinski definition) is 4. The van der Waals surface area contributed by atoms with Crippen LogP contribution in [0.5, 0.6) is 0 Å². The number of nitrogens with zero attached hydrogens (tertiary/aromatic N) is 1. The smallest absolute Gasteiger partial charge is 0.354 e. The molecule has 0 aliphatic carbocycles. The van der Waals surface area contributed by atoms with E-state index in [-0.39, 0.29) is 23.8 Å². The largest absolute Gasteiger partial charge is 0.461 e. The Labute approximate surface area is 169 Å². The van der Waals surface area contributed by atoms with E-state index in [4.69, 9.17) is 4.74 Å². The van der Waals surface area contributed by atoms with Gasteiger partial charge in [0, 0.05) is 29.6 Å². The molecule has 29 heavy (non-hydrogen) atoms.